The molecule has 86 valence electrons. The van der Waals surface area contributed by atoms with Gasteiger partial charge in [-0.25, -0.2) is 0 Å². The Morgan fingerprint density at radius 3 is 2.75 bits per heavy atom. The molecule has 1 atom stereocenters. The van der Waals surface area contributed by atoms with E-state index in [0.717, 1.165) is 18.8 Å². The molecule has 0 aromatic heterocycles. The Kier molecular flexibility index (Phi) is 2.60. The van der Waals surface area contributed by atoms with Crippen LogP contribution in [0.15, 0.2) is 18.2 Å². The van der Waals surface area contributed by atoms with Crippen LogP contribution in [0.4, 0.5) is 0 Å². The molecule has 1 saturated heterocycles. The zero-order valence-electron chi connectivity index (χ0n) is 9.65. The number of likely N-dealkylation sites (tertiary alicyclic amines) is 1. The van der Waals surface area contributed by atoms with Gasteiger partial charge in [0.15, 0.2) is 0 Å². The van der Waals surface area contributed by atoms with Gasteiger partial charge in [-0.1, -0.05) is 12.1 Å². The first-order chi connectivity index (χ1) is 7.83. The monoisotopic (exact) mass is 217 g/mol. The maximum Gasteiger partial charge on any atom is 0.119 e. The third-order valence-corrected chi connectivity index (χ3v) is 3.96. The highest BCUT2D eigenvalue weighted by molar-refractivity contribution is 5.42. The van der Waals surface area contributed by atoms with Gasteiger partial charge in [0.05, 0.1) is 0 Å². The minimum absolute atomic E-state index is 0.501. The molecule has 1 aromatic rings. The first kappa shape index (κ1) is 10.2. The van der Waals surface area contributed by atoms with Gasteiger partial charge in [-0.2, -0.15) is 0 Å². The van der Waals surface area contributed by atoms with E-state index in [4.69, 9.17) is 0 Å². The van der Waals surface area contributed by atoms with Crippen LogP contribution >= 0.6 is 0 Å². The van der Waals surface area contributed by atoms with Crippen LogP contribution < -0.4 is 0 Å². The van der Waals surface area contributed by atoms with Crippen molar-refractivity contribution in [3.8, 4) is 5.75 Å². The van der Waals surface area contributed by atoms with Crippen LogP contribution in [0.5, 0.6) is 5.75 Å². The number of hydrogen-bond acceptors (Lipinski definition) is 2. The van der Waals surface area contributed by atoms with Gasteiger partial charge in [0.2, 0.25) is 0 Å². The number of phenols is 1. The number of phenolic OH excluding ortho intramolecular Hbond substituents is 1. The molecule has 1 aliphatic carbocycles. The minimum atomic E-state index is 0.501. The highest BCUT2D eigenvalue weighted by atomic mass is 16.3. The van der Waals surface area contributed by atoms with Crippen LogP contribution in [-0.2, 0) is 12.8 Å². The number of benzene rings is 1. The van der Waals surface area contributed by atoms with Crippen molar-refractivity contribution in [3.05, 3.63) is 29.3 Å². The lowest BCUT2D eigenvalue weighted by molar-refractivity contribution is 0.282. The average molecular weight is 217 g/mol. The second-order valence-corrected chi connectivity index (χ2v) is 5.20. The molecule has 3 rings (SSSR count). The maximum atomic E-state index is 9.80. The minimum Gasteiger partial charge on any atom is -0.508 e. The summed E-state index contributed by atoms with van der Waals surface area (Å²) >= 11 is 0. The molecule has 0 saturated carbocycles. The van der Waals surface area contributed by atoms with Crippen LogP contribution in [-0.4, -0.2) is 29.6 Å². The third kappa shape index (κ3) is 1.82. The van der Waals surface area contributed by atoms with Crippen molar-refractivity contribution in [2.45, 2.75) is 25.7 Å². The second-order valence-electron chi connectivity index (χ2n) is 5.20. The molecule has 1 N–H and O–H groups in total. The first-order valence-electron chi connectivity index (χ1n) is 6.35. The zero-order chi connectivity index (χ0) is 11.0. The maximum absolute atomic E-state index is 9.80. The van der Waals surface area contributed by atoms with Crippen molar-refractivity contribution >= 4 is 0 Å². The predicted octanol–water partition coefficient (Wildman–Crippen LogP) is 2.20. The van der Waals surface area contributed by atoms with E-state index in [1.54, 1.807) is 0 Å². The molecule has 0 bridgehead atoms. The fourth-order valence-electron chi connectivity index (χ4n) is 3.18. The number of nitrogens with zero attached hydrogens (tertiary/aromatic N) is 1. The Bertz CT molecular complexity index is 382. The molecule has 1 unspecified atom stereocenters. The van der Waals surface area contributed by atoms with E-state index >= 15 is 0 Å². The molecule has 2 aliphatic rings. The fraction of sp³-hybridized carbons (Fsp3) is 0.571. The standard InChI is InChI=1S/C14H19NO/c16-14-5-3-4-12-8-11(9-13(12)14)10-15-6-1-2-7-15/h3-5,11,16H,1-2,6-10H2. The number of aromatic hydroxyl groups is 1. The quantitative estimate of drug-likeness (QED) is 0.821. The molecule has 1 fully saturated rings. The molecule has 1 heterocycles. The molecule has 16 heavy (non-hydrogen) atoms. The smallest absolute Gasteiger partial charge is 0.119 e. The van der Waals surface area contributed by atoms with E-state index in [2.05, 4.69) is 11.0 Å². The third-order valence-electron chi connectivity index (χ3n) is 3.96. The second kappa shape index (κ2) is 4.10. The van der Waals surface area contributed by atoms with Crippen molar-refractivity contribution in [2.24, 2.45) is 5.92 Å². The fourth-order valence-corrected chi connectivity index (χ4v) is 3.18. The van der Waals surface area contributed by atoms with Gasteiger partial charge in [-0.15, -0.1) is 0 Å². The van der Waals surface area contributed by atoms with Gasteiger partial charge in [-0.05, 0) is 61.9 Å². The average Bonchev–Trinajstić information content (AvgIpc) is 2.88. The van der Waals surface area contributed by atoms with Gasteiger partial charge >= 0.3 is 0 Å². The number of rotatable bonds is 2. The molecule has 1 aromatic carbocycles. The first-order valence-corrected chi connectivity index (χ1v) is 6.35. The van der Waals surface area contributed by atoms with Gasteiger partial charge in [-0.3, -0.25) is 0 Å². The predicted molar refractivity (Wildman–Crippen MR) is 64.7 cm³/mol. The van der Waals surface area contributed by atoms with Crippen molar-refractivity contribution in [2.75, 3.05) is 19.6 Å². The Labute approximate surface area is 96.9 Å². The highest BCUT2D eigenvalue weighted by Crippen LogP contribution is 2.33. The van der Waals surface area contributed by atoms with E-state index < -0.39 is 0 Å². The summed E-state index contributed by atoms with van der Waals surface area (Å²) in [4.78, 5) is 2.58. The van der Waals surface area contributed by atoms with E-state index in [9.17, 15) is 5.11 Å². The van der Waals surface area contributed by atoms with Gasteiger partial charge in [0.25, 0.3) is 0 Å². The van der Waals surface area contributed by atoms with E-state index in [1.165, 1.54) is 43.6 Å². The van der Waals surface area contributed by atoms with Crippen molar-refractivity contribution in [3.63, 3.8) is 0 Å². The van der Waals surface area contributed by atoms with E-state index in [-0.39, 0.29) is 0 Å². The molecule has 0 amide bonds. The summed E-state index contributed by atoms with van der Waals surface area (Å²) in [6.45, 7) is 3.77. The van der Waals surface area contributed by atoms with Crippen molar-refractivity contribution < 1.29 is 5.11 Å². The molecule has 1 aliphatic heterocycles. The summed E-state index contributed by atoms with van der Waals surface area (Å²) in [6.07, 6.45) is 4.95. The lowest BCUT2D eigenvalue weighted by Gasteiger charge is -2.19. The summed E-state index contributed by atoms with van der Waals surface area (Å²) in [5.74, 6) is 1.22. The van der Waals surface area contributed by atoms with Gasteiger partial charge in [0.1, 0.15) is 5.75 Å². The summed E-state index contributed by atoms with van der Waals surface area (Å²) < 4.78 is 0. The Morgan fingerprint density at radius 2 is 2.00 bits per heavy atom. The van der Waals surface area contributed by atoms with Crippen LogP contribution in [0.3, 0.4) is 0 Å². The summed E-state index contributed by atoms with van der Waals surface area (Å²) in [5, 5.41) is 9.80. The number of fused-ring (bicyclic) bond motifs is 1. The molecule has 0 spiro atoms. The molecular weight excluding hydrogens is 198 g/mol. The Morgan fingerprint density at radius 1 is 1.19 bits per heavy atom. The van der Waals surface area contributed by atoms with E-state index in [0.29, 0.717) is 5.75 Å². The molecule has 2 nitrogen and oxygen atoms in total. The zero-order valence-corrected chi connectivity index (χ0v) is 9.65. The SMILES string of the molecule is Oc1cccc2c1CC(CN1CCCC1)C2. The normalized spacial score (nSPS) is 24.9. The largest absolute Gasteiger partial charge is 0.508 e. The van der Waals surface area contributed by atoms with Crippen molar-refractivity contribution in [1.82, 2.24) is 4.90 Å². The van der Waals surface area contributed by atoms with Gasteiger partial charge < -0.3 is 10.0 Å². The lowest BCUT2D eigenvalue weighted by Crippen LogP contribution is -2.26. The number of hydrogen-bond donors (Lipinski definition) is 1. The summed E-state index contributed by atoms with van der Waals surface area (Å²) in [5.41, 5.74) is 2.57. The topological polar surface area (TPSA) is 23.5 Å². The summed E-state index contributed by atoms with van der Waals surface area (Å²) in [7, 11) is 0. The van der Waals surface area contributed by atoms with E-state index in [1.807, 2.05) is 12.1 Å². The van der Waals surface area contributed by atoms with Crippen LogP contribution in [0.2, 0.25) is 0 Å². The van der Waals surface area contributed by atoms with Gasteiger partial charge in [0, 0.05) is 6.54 Å². The molecule has 2 heteroatoms. The van der Waals surface area contributed by atoms with Crippen molar-refractivity contribution in [1.29, 1.82) is 0 Å². The molecular formula is C14H19NO. The Balaban J connectivity index is 1.68. The Hall–Kier alpha value is -1.02. The molecule has 0 radical (unpaired) electrons. The van der Waals surface area contributed by atoms with Crippen LogP contribution in [0.1, 0.15) is 24.0 Å². The van der Waals surface area contributed by atoms with Crippen LogP contribution in [0.25, 0.3) is 0 Å². The lowest BCUT2D eigenvalue weighted by atomic mass is 10.1. The highest BCUT2D eigenvalue weighted by Gasteiger charge is 2.26. The van der Waals surface area contributed by atoms with Crippen LogP contribution in [0, 0.1) is 5.92 Å². The summed E-state index contributed by atoms with van der Waals surface area (Å²) in [6, 6.07) is 5.95.